The Morgan fingerprint density at radius 3 is 2.89 bits per heavy atom. The Labute approximate surface area is 156 Å². The summed E-state index contributed by atoms with van der Waals surface area (Å²) >= 11 is 0. The number of nitrogens with zero attached hydrogens (tertiary/aromatic N) is 1. The van der Waals surface area contributed by atoms with Crippen LogP contribution in [-0.2, 0) is 11.2 Å². The Kier molecular flexibility index (Phi) is 4.90. The maximum atomic E-state index is 13.9. The van der Waals surface area contributed by atoms with Gasteiger partial charge in [0.05, 0.1) is 18.9 Å². The van der Waals surface area contributed by atoms with Gasteiger partial charge >= 0.3 is 0 Å². The van der Waals surface area contributed by atoms with Crippen molar-refractivity contribution in [3.8, 4) is 17.0 Å². The van der Waals surface area contributed by atoms with Crippen molar-refractivity contribution in [2.75, 3.05) is 13.7 Å². The first-order valence-electron chi connectivity index (χ1n) is 8.93. The van der Waals surface area contributed by atoms with Gasteiger partial charge in [0.25, 0.3) is 0 Å². The van der Waals surface area contributed by atoms with E-state index in [1.807, 2.05) is 24.3 Å². The molecule has 1 aromatic heterocycles. The SMILES string of the molecule is COc1ccc(-c2cc(Cc3cccc(F)c3F)[nH]n2)cc1C1CCCO1. The average Bonchev–Trinajstić information content (AvgIpc) is 3.37. The van der Waals surface area contributed by atoms with Gasteiger partial charge in [-0.25, -0.2) is 8.78 Å². The van der Waals surface area contributed by atoms with Gasteiger partial charge in [-0.3, -0.25) is 5.10 Å². The Bertz CT molecular complexity index is 949. The molecule has 1 aliphatic heterocycles. The number of halogens is 2. The first kappa shape index (κ1) is 17.7. The minimum Gasteiger partial charge on any atom is -0.496 e. The number of hydrogen-bond donors (Lipinski definition) is 1. The van der Waals surface area contributed by atoms with Gasteiger partial charge in [0.15, 0.2) is 11.6 Å². The Hall–Kier alpha value is -2.73. The molecule has 0 bridgehead atoms. The topological polar surface area (TPSA) is 47.1 Å². The molecule has 1 atom stereocenters. The number of rotatable bonds is 5. The molecule has 1 N–H and O–H groups in total. The third-order valence-corrected chi connectivity index (χ3v) is 4.85. The molecule has 27 heavy (non-hydrogen) atoms. The predicted octanol–water partition coefficient (Wildman–Crippen LogP) is 4.81. The van der Waals surface area contributed by atoms with E-state index in [1.54, 1.807) is 13.2 Å². The third kappa shape index (κ3) is 3.57. The molecule has 1 saturated heterocycles. The molecule has 6 heteroatoms. The molecular weight excluding hydrogens is 350 g/mol. The van der Waals surface area contributed by atoms with Crippen molar-refractivity contribution < 1.29 is 18.3 Å². The van der Waals surface area contributed by atoms with Crippen LogP contribution < -0.4 is 4.74 Å². The first-order chi connectivity index (χ1) is 13.2. The van der Waals surface area contributed by atoms with Crippen molar-refractivity contribution in [3.05, 3.63) is 70.9 Å². The fourth-order valence-corrected chi connectivity index (χ4v) is 3.46. The standard InChI is InChI=1S/C21H20F2N2O2/c1-26-19-8-7-13(11-16(19)20-6-3-9-27-20)18-12-15(24-25-18)10-14-4-2-5-17(22)21(14)23/h2,4-5,7-8,11-12,20H,3,6,9-10H2,1H3,(H,24,25). The largest absolute Gasteiger partial charge is 0.496 e. The highest BCUT2D eigenvalue weighted by Crippen LogP contribution is 2.37. The quantitative estimate of drug-likeness (QED) is 0.701. The summed E-state index contributed by atoms with van der Waals surface area (Å²) in [6.07, 6.45) is 2.26. The third-order valence-electron chi connectivity index (χ3n) is 4.85. The lowest BCUT2D eigenvalue weighted by atomic mass is 10.0. The lowest BCUT2D eigenvalue weighted by Gasteiger charge is -2.15. The Balaban J connectivity index is 1.61. The van der Waals surface area contributed by atoms with Crippen LogP contribution in [0.25, 0.3) is 11.3 Å². The highest BCUT2D eigenvalue weighted by atomic mass is 19.2. The maximum Gasteiger partial charge on any atom is 0.162 e. The van der Waals surface area contributed by atoms with Gasteiger partial charge in [0.2, 0.25) is 0 Å². The summed E-state index contributed by atoms with van der Waals surface area (Å²) in [4.78, 5) is 0. The molecule has 0 saturated carbocycles. The van der Waals surface area contributed by atoms with E-state index in [0.29, 0.717) is 11.3 Å². The highest BCUT2D eigenvalue weighted by Gasteiger charge is 2.22. The van der Waals surface area contributed by atoms with Gasteiger partial charge in [-0.05, 0) is 48.7 Å². The van der Waals surface area contributed by atoms with E-state index in [9.17, 15) is 8.78 Å². The van der Waals surface area contributed by atoms with E-state index in [1.165, 1.54) is 6.07 Å². The summed E-state index contributed by atoms with van der Waals surface area (Å²) < 4.78 is 38.5. The van der Waals surface area contributed by atoms with Crippen molar-refractivity contribution in [1.82, 2.24) is 10.2 Å². The molecule has 0 radical (unpaired) electrons. The Morgan fingerprint density at radius 2 is 2.11 bits per heavy atom. The molecule has 2 heterocycles. The van der Waals surface area contributed by atoms with Crippen LogP contribution in [0, 0.1) is 11.6 Å². The number of aromatic amines is 1. The smallest absolute Gasteiger partial charge is 0.162 e. The molecule has 1 unspecified atom stereocenters. The second kappa shape index (κ2) is 7.48. The van der Waals surface area contributed by atoms with E-state index in [2.05, 4.69) is 10.2 Å². The summed E-state index contributed by atoms with van der Waals surface area (Å²) in [5.41, 5.74) is 3.67. The van der Waals surface area contributed by atoms with E-state index < -0.39 is 11.6 Å². The first-order valence-corrected chi connectivity index (χ1v) is 8.93. The van der Waals surface area contributed by atoms with E-state index in [0.717, 1.165) is 48.1 Å². The summed E-state index contributed by atoms with van der Waals surface area (Å²) in [5.74, 6) is -0.870. The van der Waals surface area contributed by atoms with Crippen LogP contribution in [0.2, 0.25) is 0 Å². The fourth-order valence-electron chi connectivity index (χ4n) is 3.46. The monoisotopic (exact) mass is 370 g/mol. The molecule has 2 aromatic carbocycles. The molecule has 0 aliphatic carbocycles. The van der Waals surface area contributed by atoms with Crippen LogP contribution in [0.5, 0.6) is 5.75 Å². The molecule has 1 fully saturated rings. The number of hydrogen-bond acceptors (Lipinski definition) is 3. The van der Waals surface area contributed by atoms with Gasteiger partial charge in [0, 0.05) is 29.8 Å². The van der Waals surface area contributed by atoms with Crippen LogP contribution >= 0.6 is 0 Å². The number of methoxy groups -OCH3 is 1. The summed E-state index contributed by atoms with van der Waals surface area (Å²) in [6.45, 7) is 0.754. The van der Waals surface area contributed by atoms with Crippen LogP contribution in [0.15, 0.2) is 42.5 Å². The minimum absolute atomic E-state index is 0.0275. The molecule has 1 aliphatic rings. The average molecular weight is 370 g/mol. The number of benzene rings is 2. The minimum atomic E-state index is -0.844. The normalized spacial score (nSPS) is 16.6. The number of H-pyrrole nitrogens is 1. The van der Waals surface area contributed by atoms with Crippen molar-refractivity contribution >= 4 is 0 Å². The predicted molar refractivity (Wildman–Crippen MR) is 97.7 cm³/mol. The number of nitrogens with one attached hydrogen (secondary N) is 1. The highest BCUT2D eigenvalue weighted by molar-refractivity contribution is 5.63. The Morgan fingerprint density at radius 1 is 1.22 bits per heavy atom. The fraction of sp³-hybridized carbons (Fsp3) is 0.286. The van der Waals surface area contributed by atoms with E-state index in [-0.39, 0.29) is 12.5 Å². The van der Waals surface area contributed by atoms with Gasteiger partial charge < -0.3 is 9.47 Å². The van der Waals surface area contributed by atoms with Gasteiger partial charge in [-0.2, -0.15) is 5.10 Å². The molecular formula is C21H20F2N2O2. The van der Waals surface area contributed by atoms with Crippen LogP contribution in [0.4, 0.5) is 8.78 Å². The molecule has 140 valence electrons. The van der Waals surface area contributed by atoms with Crippen LogP contribution in [0.3, 0.4) is 0 Å². The van der Waals surface area contributed by atoms with Crippen molar-refractivity contribution in [2.45, 2.75) is 25.4 Å². The zero-order valence-corrected chi connectivity index (χ0v) is 15.0. The van der Waals surface area contributed by atoms with Crippen LogP contribution in [-0.4, -0.2) is 23.9 Å². The summed E-state index contributed by atoms with van der Waals surface area (Å²) in [7, 11) is 1.65. The van der Waals surface area contributed by atoms with Crippen LogP contribution in [0.1, 0.15) is 35.8 Å². The van der Waals surface area contributed by atoms with Crippen molar-refractivity contribution in [2.24, 2.45) is 0 Å². The number of ether oxygens (including phenoxy) is 2. The molecule has 4 nitrogen and oxygen atoms in total. The zero-order valence-electron chi connectivity index (χ0n) is 15.0. The second-order valence-corrected chi connectivity index (χ2v) is 6.63. The van der Waals surface area contributed by atoms with Gasteiger partial charge in [-0.1, -0.05) is 12.1 Å². The molecule has 3 aromatic rings. The van der Waals surface area contributed by atoms with Crippen molar-refractivity contribution in [1.29, 1.82) is 0 Å². The van der Waals surface area contributed by atoms with Gasteiger partial charge in [-0.15, -0.1) is 0 Å². The zero-order chi connectivity index (χ0) is 18.8. The van der Waals surface area contributed by atoms with Gasteiger partial charge in [0.1, 0.15) is 5.75 Å². The lowest BCUT2D eigenvalue weighted by molar-refractivity contribution is 0.109. The van der Waals surface area contributed by atoms with E-state index >= 15 is 0 Å². The number of aromatic nitrogens is 2. The van der Waals surface area contributed by atoms with E-state index in [4.69, 9.17) is 9.47 Å². The van der Waals surface area contributed by atoms with Crippen molar-refractivity contribution in [3.63, 3.8) is 0 Å². The molecule has 4 rings (SSSR count). The summed E-state index contributed by atoms with van der Waals surface area (Å²) in [6, 6.07) is 11.9. The molecule has 0 amide bonds. The summed E-state index contributed by atoms with van der Waals surface area (Å²) in [5, 5.41) is 7.25. The maximum absolute atomic E-state index is 13.9. The lowest BCUT2D eigenvalue weighted by Crippen LogP contribution is -2.00. The second-order valence-electron chi connectivity index (χ2n) is 6.63. The molecule has 0 spiro atoms.